The van der Waals surface area contributed by atoms with Gasteiger partial charge in [-0.3, -0.25) is 14.3 Å². The molecule has 1 aliphatic rings. The predicted molar refractivity (Wildman–Crippen MR) is 188 cm³/mol. The van der Waals surface area contributed by atoms with E-state index in [4.69, 9.17) is 40.2 Å². The van der Waals surface area contributed by atoms with Crippen molar-refractivity contribution < 1.29 is 87.9 Å². The monoisotopic (exact) mass is 901 g/mol. The zero-order valence-electron chi connectivity index (χ0n) is 31.3. The van der Waals surface area contributed by atoms with Crippen LogP contribution in [0.1, 0.15) is 42.1 Å². The quantitative estimate of drug-likeness (QED) is 0.113. The number of H-pyrrole nitrogens is 1. The average molecular weight is 902 g/mol. The third kappa shape index (κ3) is 17.3. The van der Waals surface area contributed by atoms with Crippen molar-refractivity contribution in [3.63, 3.8) is 0 Å². The maximum atomic E-state index is 14.2. The Balaban J connectivity index is 0.000000519. The highest BCUT2D eigenvalue weighted by Crippen LogP contribution is 2.27. The fraction of sp³-hybridized carbons (Fsp3) is 0.382. The first-order chi connectivity index (χ1) is 28.7. The van der Waals surface area contributed by atoms with E-state index in [-0.39, 0.29) is 36.4 Å². The van der Waals surface area contributed by atoms with Gasteiger partial charge >= 0.3 is 36.4 Å². The number of carbonyl (C=O) groups excluding carboxylic acids is 2. The third-order valence-electron chi connectivity index (χ3n) is 7.75. The van der Waals surface area contributed by atoms with Gasteiger partial charge in [0.25, 0.3) is 5.91 Å². The molecule has 5 rings (SSSR count). The SMILES string of the molecule is N#CCC(CN1CCC(Oc2cc(F)cc(C(=O)NCCC(N)=O)c2)CC1)n1cc(-c2ncnc3[nH]ccc23)cn1.O=C(O)C(F)(F)F.O=C(O)C(F)(F)F.O=C(O)C(F)(F)F. The number of nitrogens with one attached hydrogen (secondary N) is 2. The number of nitriles is 1. The summed E-state index contributed by atoms with van der Waals surface area (Å²) >= 11 is 0. The van der Waals surface area contributed by atoms with Crippen LogP contribution in [0, 0.1) is 17.1 Å². The molecule has 0 bridgehead atoms. The second-order valence-electron chi connectivity index (χ2n) is 12.4. The highest BCUT2D eigenvalue weighted by atomic mass is 19.4. The number of aromatic nitrogens is 5. The smallest absolute Gasteiger partial charge is 0.490 e. The Kier molecular flexibility index (Phi) is 18.6. The van der Waals surface area contributed by atoms with Crippen molar-refractivity contribution >= 4 is 40.8 Å². The van der Waals surface area contributed by atoms with Crippen LogP contribution < -0.4 is 15.8 Å². The molecule has 3 aromatic heterocycles. The van der Waals surface area contributed by atoms with Gasteiger partial charge < -0.3 is 41.0 Å². The van der Waals surface area contributed by atoms with Gasteiger partial charge in [0.05, 0.1) is 30.4 Å². The third-order valence-corrected chi connectivity index (χ3v) is 7.75. The number of fused-ring (bicyclic) bond motifs is 1. The largest absolute Gasteiger partial charge is 0.490 e. The molecule has 0 saturated carbocycles. The summed E-state index contributed by atoms with van der Waals surface area (Å²) < 4.78 is 117. The molecule has 0 aliphatic carbocycles. The summed E-state index contributed by atoms with van der Waals surface area (Å²) in [4.78, 5) is 63.9. The Morgan fingerprint density at radius 2 is 1.50 bits per heavy atom. The zero-order valence-corrected chi connectivity index (χ0v) is 31.3. The number of hydrogen-bond acceptors (Lipinski definition) is 11. The molecule has 28 heteroatoms. The van der Waals surface area contributed by atoms with E-state index in [1.807, 2.05) is 23.1 Å². The molecule has 4 aromatic rings. The lowest BCUT2D eigenvalue weighted by atomic mass is 10.1. The van der Waals surface area contributed by atoms with Gasteiger partial charge in [0.2, 0.25) is 5.91 Å². The molecule has 338 valence electrons. The molecule has 62 heavy (non-hydrogen) atoms. The summed E-state index contributed by atoms with van der Waals surface area (Å²) in [6, 6.07) is 7.92. The normalized spacial score (nSPS) is 13.7. The Bertz CT molecular complexity index is 2140. The van der Waals surface area contributed by atoms with Crippen molar-refractivity contribution in [1.29, 1.82) is 5.26 Å². The van der Waals surface area contributed by atoms with Crippen molar-refractivity contribution in [1.82, 2.24) is 34.9 Å². The molecule has 1 fully saturated rings. The Labute approximate surface area is 340 Å². The van der Waals surface area contributed by atoms with E-state index in [2.05, 4.69) is 36.3 Å². The van der Waals surface area contributed by atoms with Crippen LogP contribution in [0.4, 0.5) is 43.9 Å². The molecule has 0 radical (unpaired) electrons. The van der Waals surface area contributed by atoms with Gasteiger partial charge in [0.1, 0.15) is 29.6 Å². The first kappa shape index (κ1) is 51.1. The number of aromatic amines is 1. The molecule has 18 nitrogen and oxygen atoms in total. The Morgan fingerprint density at radius 1 is 0.935 bits per heavy atom. The van der Waals surface area contributed by atoms with Gasteiger partial charge in [-0.15, -0.1) is 0 Å². The first-order valence-electron chi connectivity index (χ1n) is 17.1. The molecule has 1 aromatic carbocycles. The predicted octanol–water partition coefficient (Wildman–Crippen LogP) is 4.46. The van der Waals surface area contributed by atoms with Crippen molar-refractivity contribution in [2.24, 2.45) is 5.73 Å². The summed E-state index contributed by atoms with van der Waals surface area (Å²) in [6.07, 6.45) is -6.70. The van der Waals surface area contributed by atoms with Gasteiger partial charge in [-0.25, -0.2) is 28.7 Å². The summed E-state index contributed by atoms with van der Waals surface area (Å²) in [7, 11) is 0. The second-order valence-corrected chi connectivity index (χ2v) is 12.4. The van der Waals surface area contributed by atoms with Crippen molar-refractivity contribution in [2.75, 3.05) is 26.2 Å². The van der Waals surface area contributed by atoms with E-state index >= 15 is 0 Å². The highest BCUT2D eigenvalue weighted by Gasteiger charge is 2.39. The standard InChI is InChI=1S/C28H30FN9O3.3C2HF3O2/c29-20-11-18(28(40)33-8-3-25(31)39)12-23(13-20)41-22-4-9-37(10-5-22)16-21(1-6-30)38-15-19(14-36-38)26-24-2-7-32-27(24)35-17-34-26;3*3-2(4,5)1(6)7/h2,7,11-15,17,21-22H,1,3-5,8-10,16H2,(H2,31,39)(H,33,40)(H,32,34,35);3*(H,6,7). The molecule has 1 atom stereocenters. The van der Waals surface area contributed by atoms with Crippen LogP contribution in [0.2, 0.25) is 0 Å². The lowest BCUT2D eigenvalue weighted by Gasteiger charge is -2.34. The number of aliphatic carboxylic acids is 3. The first-order valence-corrected chi connectivity index (χ1v) is 17.1. The Hall–Kier alpha value is -7.05. The topological polar surface area (TPSA) is 280 Å². The summed E-state index contributed by atoms with van der Waals surface area (Å²) in [5, 5.41) is 38.9. The van der Waals surface area contributed by atoms with Crippen molar-refractivity contribution in [3.8, 4) is 23.1 Å². The number of halogens is 10. The van der Waals surface area contributed by atoms with Crippen molar-refractivity contribution in [2.45, 2.75) is 56.4 Å². The average Bonchev–Trinajstić information content (AvgIpc) is 3.85. The number of alkyl halides is 9. The lowest BCUT2D eigenvalue weighted by molar-refractivity contribution is -0.193. The van der Waals surface area contributed by atoms with Crippen LogP contribution in [0.5, 0.6) is 5.75 Å². The summed E-state index contributed by atoms with van der Waals surface area (Å²) in [5.74, 6) is -9.62. The molecule has 4 heterocycles. The number of piperidine rings is 1. The van der Waals surface area contributed by atoms with Gasteiger partial charge in [0.15, 0.2) is 0 Å². The number of hydrogen-bond donors (Lipinski definition) is 6. The number of carbonyl (C=O) groups is 5. The minimum atomic E-state index is -5.08. The fourth-order valence-electron chi connectivity index (χ4n) is 4.97. The lowest BCUT2D eigenvalue weighted by Crippen LogP contribution is -2.41. The number of amides is 2. The van der Waals surface area contributed by atoms with Crippen LogP contribution in [-0.4, -0.2) is 125 Å². The maximum absolute atomic E-state index is 14.2. The zero-order chi connectivity index (χ0) is 47.0. The number of carboxylic acid groups (broad SMARTS) is 3. The minimum absolute atomic E-state index is 0.00119. The van der Waals surface area contributed by atoms with Crippen molar-refractivity contribution in [3.05, 3.63) is 60.6 Å². The molecule has 1 unspecified atom stereocenters. The maximum Gasteiger partial charge on any atom is 0.490 e. The van der Waals surface area contributed by atoms with E-state index in [1.54, 1.807) is 6.20 Å². The van der Waals surface area contributed by atoms with Gasteiger partial charge in [-0.2, -0.15) is 49.9 Å². The van der Waals surface area contributed by atoms with E-state index in [0.29, 0.717) is 25.8 Å². The molecular weight excluding hydrogens is 868 g/mol. The van der Waals surface area contributed by atoms with E-state index in [0.717, 1.165) is 41.4 Å². The molecule has 0 spiro atoms. The van der Waals surface area contributed by atoms with Gasteiger partial charge in [0, 0.05) is 67.6 Å². The van der Waals surface area contributed by atoms with Crippen LogP contribution >= 0.6 is 0 Å². The molecule has 1 aliphatic heterocycles. The fourth-order valence-corrected chi connectivity index (χ4v) is 4.97. The number of nitrogens with two attached hydrogens (primary N) is 1. The highest BCUT2D eigenvalue weighted by molar-refractivity contribution is 5.95. The number of benzene rings is 1. The number of carboxylic acids is 3. The van der Waals surface area contributed by atoms with Gasteiger partial charge in [-0.1, -0.05) is 0 Å². The molecule has 1 saturated heterocycles. The van der Waals surface area contributed by atoms with Crippen LogP contribution in [0.25, 0.3) is 22.3 Å². The molecule has 7 N–H and O–H groups in total. The Morgan fingerprint density at radius 3 is 2.02 bits per heavy atom. The van der Waals surface area contributed by atoms with E-state index < -0.39 is 54.1 Å². The number of rotatable bonds is 11. The summed E-state index contributed by atoms with van der Waals surface area (Å²) in [6.45, 7) is 2.17. The second kappa shape index (κ2) is 22.5. The van der Waals surface area contributed by atoms with Crippen LogP contribution in [0.15, 0.2) is 49.2 Å². The summed E-state index contributed by atoms with van der Waals surface area (Å²) in [5.41, 5.74) is 7.58. The van der Waals surface area contributed by atoms with Crippen LogP contribution in [0.3, 0.4) is 0 Å². The van der Waals surface area contributed by atoms with Gasteiger partial charge in [-0.05, 0) is 31.0 Å². The number of nitrogens with zero attached hydrogens (tertiary/aromatic N) is 6. The van der Waals surface area contributed by atoms with E-state index in [1.165, 1.54) is 18.5 Å². The van der Waals surface area contributed by atoms with E-state index in [9.17, 15) is 58.8 Å². The number of ether oxygens (including phenoxy) is 1. The minimum Gasteiger partial charge on any atom is -0.490 e. The molecule has 2 amide bonds. The number of likely N-dealkylation sites (tertiary alicyclic amines) is 1. The number of primary amides is 1. The molecular formula is C34H33F10N9O9. The van der Waals surface area contributed by atoms with Crippen LogP contribution in [-0.2, 0) is 19.2 Å².